The van der Waals surface area contributed by atoms with E-state index in [0.29, 0.717) is 0 Å². The highest BCUT2D eigenvalue weighted by atomic mass is 19.4. The zero-order valence-corrected chi connectivity index (χ0v) is 8.85. The molecule has 0 aromatic carbocycles. The van der Waals surface area contributed by atoms with Crippen LogP contribution in [0, 0.1) is 17.2 Å². The summed E-state index contributed by atoms with van der Waals surface area (Å²) >= 11 is 0. The molecule has 3 nitrogen and oxygen atoms in total. The first-order chi connectivity index (χ1) is 7.43. The maximum atomic E-state index is 12.4. The molecule has 0 heterocycles. The van der Waals surface area contributed by atoms with Gasteiger partial charge in [-0.3, -0.25) is 5.32 Å². The lowest BCUT2D eigenvalue weighted by atomic mass is 9.77. The molecule has 0 aromatic rings. The number of aliphatic hydroxyl groups is 1. The fourth-order valence-corrected chi connectivity index (χ4v) is 2.06. The second-order valence-electron chi connectivity index (χ2n) is 4.16. The maximum absolute atomic E-state index is 12.4. The van der Waals surface area contributed by atoms with Gasteiger partial charge >= 0.3 is 6.18 Å². The molecule has 0 saturated heterocycles. The second-order valence-corrected chi connectivity index (χ2v) is 4.16. The minimum atomic E-state index is -4.15. The van der Waals surface area contributed by atoms with Crippen molar-refractivity contribution >= 4 is 0 Å². The van der Waals surface area contributed by atoms with E-state index >= 15 is 0 Å². The average Bonchev–Trinajstić information content (AvgIpc) is 2.26. The molecule has 1 saturated carbocycles. The molecule has 0 amide bonds. The molecular weight excluding hydrogens is 221 g/mol. The van der Waals surface area contributed by atoms with Crippen LogP contribution in [-0.4, -0.2) is 30.0 Å². The molecule has 92 valence electrons. The molecule has 0 radical (unpaired) electrons. The van der Waals surface area contributed by atoms with Crippen molar-refractivity contribution in [3.8, 4) is 6.07 Å². The number of halogens is 3. The van der Waals surface area contributed by atoms with Crippen LogP contribution in [0.25, 0.3) is 0 Å². The molecule has 0 unspecified atom stereocenters. The molecule has 2 N–H and O–H groups in total. The molecule has 0 aliphatic heterocycles. The molecule has 0 aromatic heterocycles. The minimum absolute atomic E-state index is 0.0184. The molecule has 16 heavy (non-hydrogen) atoms. The van der Waals surface area contributed by atoms with Gasteiger partial charge in [0.05, 0.1) is 18.6 Å². The Labute approximate surface area is 92.3 Å². The molecule has 1 rings (SSSR count). The van der Waals surface area contributed by atoms with Crippen LogP contribution in [-0.2, 0) is 0 Å². The van der Waals surface area contributed by atoms with Crippen molar-refractivity contribution in [3.05, 3.63) is 0 Å². The van der Waals surface area contributed by atoms with Gasteiger partial charge in [-0.25, -0.2) is 0 Å². The van der Waals surface area contributed by atoms with Gasteiger partial charge in [-0.2, -0.15) is 18.4 Å². The van der Waals surface area contributed by atoms with E-state index in [9.17, 15) is 13.2 Å². The van der Waals surface area contributed by atoms with Gasteiger partial charge in [-0.1, -0.05) is 0 Å². The van der Waals surface area contributed by atoms with E-state index < -0.39 is 17.6 Å². The number of β-amino-alcohol motifs (C(OH)–C–C–N with tert-alkyl or cyclic N) is 1. The molecule has 1 aliphatic rings. The van der Waals surface area contributed by atoms with E-state index in [-0.39, 0.29) is 38.8 Å². The number of rotatable bonds is 3. The van der Waals surface area contributed by atoms with Crippen LogP contribution in [0.3, 0.4) is 0 Å². The largest absolute Gasteiger partial charge is 0.395 e. The van der Waals surface area contributed by atoms with Gasteiger partial charge in [-0.05, 0) is 25.7 Å². The number of hydrogen-bond donors (Lipinski definition) is 2. The first kappa shape index (κ1) is 13.3. The normalized spacial score (nSPS) is 31.1. The van der Waals surface area contributed by atoms with Gasteiger partial charge in [0.2, 0.25) is 0 Å². The average molecular weight is 236 g/mol. The molecule has 1 aliphatic carbocycles. The summed E-state index contributed by atoms with van der Waals surface area (Å²) < 4.78 is 37.2. The van der Waals surface area contributed by atoms with Crippen molar-refractivity contribution in [1.29, 1.82) is 5.26 Å². The fourth-order valence-electron chi connectivity index (χ4n) is 2.06. The highest BCUT2D eigenvalue weighted by Crippen LogP contribution is 2.40. The van der Waals surface area contributed by atoms with Crippen LogP contribution in [0.4, 0.5) is 13.2 Å². The summed E-state index contributed by atoms with van der Waals surface area (Å²) in [7, 11) is 0. The van der Waals surface area contributed by atoms with E-state index in [1.807, 2.05) is 6.07 Å². The summed E-state index contributed by atoms with van der Waals surface area (Å²) in [6.07, 6.45) is -3.81. The van der Waals surface area contributed by atoms with Crippen LogP contribution in [0.1, 0.15) is 25.7 Å². The molecule has 0 bridgehead atoms. The number of aliphatic hydroxyl groups excluding tert-OH is 1. The fraction of sp³-hybridized carbons (Fsp3) is 0.900. The van der Waals surface area contributed by atoms with Crippen LogP contribution >= 0.6 is 0 Å². The van der Waals surface area contributed by atoms with Crippen LogP contribution in [0.5, 0.6) is 0 Å². The predicted octanol–water partition coefficient (Wildman–Crippen LogP) is 1.58. The van der Waals surface area contributed by atoms with Gasteiger partial charge in [0, 0.05) is 6.54 Å². The van der Waals surface area contributed by atoms with Crippen LogP contribution in [0.15, 0.2) is 0 Å². The van der Waals surface area contributed by atoms with Crippen LogP contribution < -0.4 is 5.32 Å². The Morgan fingerprint density at radius 3 is 2.31 bits per heavy atom. The van der Waals surface area contributed by atoms with Crippen molar-refractivity contribution in [3.63, 3.8) is 0 Å². The van der Waals surface area contributed by atoms with Gasteiger partial charge < -0.3 is 5.11 Å². The van der Waals surface area contributed by atoms with E-state index in [1.165, 1.54) is 0 Å². The Hall–Kier alpha value is -0.800. The molecule has 1 fully saturated rings. The molecule has 6 heteroatoms. The van der Waals surface area contributed by atoms with Gasteiger partial charge in [0.25, 0.3) is 0 Å². The van der Waals surface area contributed by atoms with E-state index in [4.69, 9.17) is 10.4 Å². The Bertz CT molecular complexity index is 264. The maximum Gasteiger partial charge on any atom is 0.391 e. The monoisotopic (exact) mass is 236 g/mol. The summed E-state index contributed by atoms with van der Waals surface area (Å²) in [6, 6.07) is 2.03. The molecule has 0 spiro atoms. The number of nitrogens with one attached hydrogen (secondary N) is 1. The Morgan fingerprint density at radius 2 is 1.94 bits per heavy atom. The van der Waals surface area contributed by atoms with Crippen molar-refractivity contribution in [2.45, 2.75) is 37.4 Å². The molecular formula is C10H15F3N2O. The quantitative estimate of drug-likeness (QED) is 0.782. The smallest absolute Gasteiger partial charge is 0.391 e. The lowest BCUT2D eigenvalue weighted by Gasteiger charge is -2.36. The topological polar surface area (TPSA) is 56.0 Å². The summed E-state index contributed by atoms with van der Waals surface area (Å²) in [5.74, 6) is -1.29. The van der Waals surface area contributed by atoms with Gasteiger partial charge in [-0.15, -0.1) is 0 Å². The third-order valence-corrected chi connectivity index (χ3v) is 3.09. The predicted molar refractivity (Wildman–Crippen MR) is 51.4 cm³/mol. The summed E-state index contributed by atoms with van der Waals surface area (Å²) in [5.41, 5.74) is -0.884. The Kier molecular flexibility index (Phi) is 4.16. The van der Waals surface area contributed by atoms with E-state index in [0.717, 1.165) is 0 Å². The highest BCUT2D eigenvalue weighted by molar-refractivity contribution is 5.09. The van der Waals surface area contributed by atoms with Crippen molar-refractivity contribution in [1.82, 2.24) is 5.32 Å². The van der Waals surface area contributed by atoms with Crippen LogP contribution in [0.2, 0.25) is 0 Å². The van der Waals surface area contributed by atoms with E-state index in [2.05, 4.69) is 5.32 Å². The third-order valence-electron chi connectivity index (χ3n) is 3.09. The summed E-state index contributed by atoms with van der Waals surface area (Å²) in [4.78, 5) is 0. The Balaban J connectivity index is 2.54. The standard InChI is InChI=1S/C10H15F3N2O/c11-10(12,13)8-1-3-9(7-14,4-2-8)15-5-6-16/h8,15-16H,1-6H2. The lowest BCUT2D eigenvalue weighted by Crippen LogP contribution is -2.49. The zero-order valence-electron chi connectivity index (χ0n) is 8.85. The van der Waals surface area contributed by atoms with Gasteiger partial charge in [0.1, 0.15) is 5.54 Å². The van der Waals surface area contributed by atoms with Crippen molar-refractivity contribution in [2.75, 3.05) is 13.2 Å². The minimum Gasteiger partial charge on any atom is -0.395 e. The molecule has 0 atom stereocenters. The zero-order chi connectivity index (χ0) is 12.2. The lowest BCUT2D eigenvalue weighted by molar-refractivity contribution is -0.184. The van der Waals surface area contributed by atoms with E-state index in [1.54, 1.807) is 0 Å². The number of nitrogens with zero attached hydrogens (tertiary/aromatic N) is 1. The summed E-state index contributed by atoms with van der Waals surface area (Å²) in [5, 5.41) is 20.4. The highest BCUT2D eigenvalue weighted by Gasteiger charge is 2.45. The Morgan fingerprint density at radius 1 is 1.38 bits per heavy atom. The van der Waals surface area contributed by atoms with Crippen molar-refractivity contribution in [2.24, 2.45) is 5.92 Å². The SMILES string of the molecule is N#CC1(NCCO)CCC(C(F)(F)F)CC1. The van der Waals surface area contributed by atoms with Gasteiger partial charge in [0.15, 0.2) is 0 Å². The number of alkyl halides is 3. The first-order valence-electron chi connectivity index (χ1n) is 5.27. The first-order valence-corrected chi connectivity index (χ1v) is 5.27. The number of nitriles is 1. The third kappa shape index (κ3) is 3.09. The summed E-state index contributed by atoms with van der Waals surface area (Å²) in [6.45, 7) is 0.121. The number of hydrogen-bond acceptors (Lipinski definition) is 3. The second kappa shape index (κ2) is 5.02. The van der Waals surface area contributed by atoms with Crippen molar-refractivity contribution < 1.29 is 18.3 Å².